The second kappa shape index (κ2) is 14.2. The minimum atomic E-state index is -0.0208. The van der Waals surface area contributed by atoms with E-state index >= 15 is 0 Å². The third-order valence-corrected chi connectivity index (χ3v) is 9.38. The lowest BCUT2D eigenvalue weighted by molar-refractivity contribution is 0.0950. The van der Waals surface area contributed by atoms with Crippen LogP contribution in [-0.2, 0) is 27.2 Å². The fourth-order valence-electron chi connectivity index (χ4n) is 5.40. The summed E-state index contributed by atoms with van der Waals surface area (Å²) in [6.07, 6.45) is 9.19. The summed E-state index contributed by atoms with van der Waals surface area (Å²) in [6.45, 7) is 3.17. The van der Waals surface area contributed by atoms with E-state index in [9.17, 15) is 4.79 Å². The van der Waals surface area contributed by atoms with Gasteiger partial charge in [0.15, 0.2) is 21.6 Å². The quantitative estimate of drug-likeness (QED) is 0.151. The molecule has 1 fully saturated rings. The summed E-state index contributed by atoms with van der Waals surface area (Å²) in [4.78, 5) is 21.3. The number of rotatable bonds is 9. The summed E-state index contributed by atoms with van der Waals surface area (Å²) in [5, 5.41) is 27.5. The van der Waals surface area contributed by atoms with E-state index in [1.807, 2.05) is 60.7 Å². The van der Waals surface area contributed by atoms with E-state index in [0.717, 1.165) is 61.8 Å². The summed E-state index contributed by atoms with van der Waals surface area (Å²) in [5.41, 5.74) is 8.50. The van der Waals surface area contributed by atoms with Crippen molar-refractivity contribution in [3.8, 4) is 11.3 Å². The van der Waals surface area contributed by atoms with E-state index in [-0.39, 0.29) is 5.91 Å². The lowest BCUT2D eigenvalue weighted by Gasteiger charge is -2.11. The Labute approximate surface area is 310 Å². The maximum atomic E-state index is 12.4. The third-order valence-electron chi connectivity index (χ3n) is 8.28. The first-order valence-electron chi connectivity index (χ1n) is 15.7. The zero-order valence-corrected chi connectivity index (χ0v) is 30.9. The fourth-order valence-corrected chi connectivity index (χ4v) is 6.24. The number of nitrogens with zero attached hydrogens (tertiary/aromatic N) is 10. The Morgan fingerprint density at radius 1 is 0.840 bits per heavy atom. The molecule has 1 aliphatic rings. The van der Waals surface area contributed by atoms with E-state index < -0.39 is 0 Å². The molecule has 1 saturated carbocycles. The number of aryl methyl sites for hydroxylation is 3. The van der Waals surface area contributed by atoms with Crippen LogP contribution in [0.4, 0.5) is 11.4 Å². The first kappa shape index (κ1) is 33.7. The number of imidazole rings is 2. The predicted octanol–water partition coefficient (Wildman–Crippen LogP) is 5.93. The smallest absolute Gasteiger partial charge is 0.251 e. The van der Waals surface area contributed by atoms with Gasteiger partial charge in [0.05, 0.1) is 53.9 Å². The fraction of sp³-hybridized carbons (Fsp3) is 0.242. The van der Waals surface area contributed by atoms with Crippen LogP contribution in [0.2, 0.25) is 10.3 Å². The number of aromatic nitrogens is 10. The van der Waals surface area contributed by atoms with Gasteiger partial charge < -0.3 is 16.0 Å². The summed E-state index contributed by atoms with van der Waals surface area (Å²) in [6, 6.07) is 13.5. The van der Waals surface area contributed by atoms with E-state index in [2.05, 4.69) is 68.9 Å². The highest BCUT2D eigenvalue weighted by atomic mass is 127. The molecule has 256 valence electrons. The van der Waals surface area contributed by atoms with Gasteiger partial charge >= 0.3 is 0 Å². The lowest BCUT2D eigenvalue weighted by Crippen LogP contribution is -2.26. The summed E-state index contributed by atoms with van der Waals surface area (Å²) >= 11 is 14.5. The Morgan fingerprint density at radius 2 is 1.42 bits per heavy atom. The molecule has 0 spiro atoms. The van der Waals surface area contributed by atoms with Gasteiger partial charge in [-0.05, 0) is 72.2 Å². The van der Waals surface area contributed by atoms with Crippen molar-refractivity contribution in [3.63, 3.8) is 0 Å². The number of nitrogens with one attached hydrogen (secondary N) is 3. The van der Waals surface area contributed by atoms with Crippen LogP contribution in [-0.4, -0.2) is 60.7 Å². The maximum absolute atomic E-state index is 12.4. The topological polar surface area (TPSA) is 149 Å². The first-order chi connectivity index (χ1) is 24.1. The van der Waals surface area contributed by atoms with Gasteiger partial charge in [-0.2, -0.15) is 20.4 Å². The van der Waals surface area contributed by atoms with Gasteiger partial charge in [-0.1, -0.05) is 29.3 Å². The zero-order valence-electron chi connectivity index (χ0n) is 27.3. The highest BCUT2D eigenvalue weighted by Crippen LogP contribution is 2.28. The molecule has 8 rings (SSSR count). The van der Waals surface area contributed by atoms with Crippen molar-refractivity contribution in [1.29, 1.82) is 0 Å². The maximum Gasteiger partial charge on any atom is 0.251 e. The van der Waals surface area contributed by atoms with Crippen molar-refractivity contribution < 1.29 is 4.79 Å². The summed E-state index contributed by atoms with van der Waals surface area (Å²) in [7, 11) is 3.81. The van der Waals surface area contributed by atoms with Gasteiger partial charge in [0.25, 0.3) is 5.91 Å². The van der Waals surface area contributed by atoms with Gasteiger partial charge in [0.1, 0.15) is 3.70 Å². The van der Waals surface area contributed by atoms with E-state index in [4.69, 9.17) is 23.2 Å². The summed E-state index contributed by atoms with van der Waals surface area (Å²) in [5.74, 6) is -0.0208. The zero-order chi connectivity index (χ0) is 34.9. The standard InChI is InChI=1S/C22H22ClN7O.C11H10ClIN6/c1-13-9-14(3-6-17(13)22(31)27-15-4-5-15)19-12-25-21-18(10-20(23)28-30(19)21)24-11-16-7-8-26-29(16)2;1-18-7(2-3-16-18)5-14-8-4-9(12)17-19-10(13)6-15-11(8)19/h3,6-10,12,15,24H,4-5,11H2,1-2H3,(H,27,31);2-4,6,14H,5H2,1H3. The number of halogens is 3. The van der Waals surface area contributed by atoms with Crippen LogP contribution >= 0.6 is 45.8 Å². The molecule has 1 aliphatic carbocycles. The molecule has 0 atom stereocenters. The van der Waals surface area contributed by atoms with Crippen LogP contribution in [0.5, 0.6) is 0 Å². The molecule has 0 saturated heterocycles. The molecule has 0 aliphatic heterocycles. The van der Waals surface area contributed by atoms with Crippen molar-refractivity contribution in [2.75, 3.05) is 10.6 Å². The Bertz CT molecular complexity index is 2340. The number of amides is 1. The molecule has 0 bridgehead atoms. The van der Waals surface area contributed by atoms with E-state index in [1.54, 1.807) is 46.0 Å². The molecular formula is C33H32Cl2IN13O. The SMILES string of the molecule is Cc1cc(-c2cnc3c(NCc4ccnn4C)cc(Cl)nn23)ccc1C(=O)NC1CC1.Cn1nccc1CNc1cc(Cl)nn2c(I)cnc12. The van der Waals surface area contributed by atoms with Crippen molar-refractivity contribution in [2.24, 2.45) is 14.1 Å². The van der Waals surface area contributed by atoms with Gasteiger partial charge in [-0.25, -0.2) is 19.0 Å². The molecule has 7 aromatic rings. The molecule has 1 amide bonds. The molecule has 1 aromatic carbocycles. The largest absolute Gasteiger partial charge is 0.376 e. The number of hydrogen-bond acceptors (Lipinski definition) is 9. The van der Waals surface area contributed by atoms with Gasteiger partial charge in [0, 0.05) is 55.8 Å². The average molecular weight is 825 g/mol. The number of carbonyl (C=O) groups excluding carboxylic acids is 1. The Balaban J connectivity index is 0.000000176. The van der Waals surface area contributed by atoms with Crippen molar-refractivity contribution >= 4 is 74.4 Å². The molecule has 0 radical (unpaired) electrons. The summed E-state index contributed by atoms with van der Waals surface area (Å²) < 4.78 is 8.00. The second-order valence-electron chi connectivity index (χ2n) is 11.8. The number of fused-ring (bicyclic) bond motifs is 2. The lowest BCUT2D eigenvalue weighted by atomic mass is 10.0. The van der Waals surface area contributed by atoms with Crippen LogP contribution in [0.15, 0.2) is 67.3 Å². The van der Waals surface area contributed by atoms with Crippen molar-refractivity contribution in [3.05, 3.63) is 104 Å². The van der Waals surface area contributed by atoms with E-state index in [0.29, 0.717) is 40.6 Å². The molecule has 0 unspecified atom stereocenters. The first-order valence-corrected chi connectivity index (χ1v) is 17.6. The molecule has 14 nitrogen and oxygen atoms in total. The van der Waals surface area contributed by atoms with Crippen LogP contribution in [0.3, 0.4) is 0 Å². The minimum Gasteiger partial charge on any atom is -0.376 e. The normalized spacial score (nSPS) is 12.6. The number of benzene rings is 1. The highest BCUT2D eigenvalue weighted by Gasteiger charge is 2.24. The van der Waals surface area contributed by atoms with Crippen LogP contribution < -0.4 is 16.0 Å². The highest BCUT2D eigenvalue weighted by molar-refractivity contribution is 14.1. The number of hydrogen-bond donors (Lipinski definition) is 3. The third kappa shape index (κ3) is 7.25. The van der Waals surface area contributed by atoms with Crippen LogP contribution in [0.25, 0.3) is 22.6 Å². The van der Waals surface area contributed by atoms with Crippen LogP contribution in [0.1, 0.15) is 40.2 Å². The van der Waals surface area contributed by atoms with E-state index in [1.165, 1.54) is 0 Å². The molecular weight excluding hydrogens is 792 g/mol. The monoisotopic (exact) mass is 823 g/mol. The van der Waals surface area contributed by atoms with Gasteiger partial charge in [-0.3, -0.25) is 14.2 Å². The molecule has 6 aromatic heterocycles. The average Bonchev–Trinajstić information content (AvgIpc) is 3.37. The molecule has 6 heterocycles. The van der Waals surface area contributed by atoms with Crippen LogP contribution in [0, 0.1) is 10.6 Å². The van der Waals surface area contributed by atoms with Crippen molar-refractivity contribution in [2.45, 2.75) is 38.9 Å². The molecule has 17 heteroatoms. The Kier molecular flexibility index (Phi) is 9.61. The molecule has 50 heavy (non-hydrogen) atoms. The van der Waals surface area contributed by atoms with Gasteiger partial charge in [0.2, 0.25) is 0 Å². The Morgan fingerprint density at radius 3 is 1.98 bits per heavy atom. The predicted molar refractivity (Wildman–Crippen MR) is 200 cm³/mol. The minimum absolute atomic E-state index is 0.0208. The van der Waals surface area contributed by atoms with Crippen molar-refractivity contribution in [1.82, 2.24) is 54.1 Å². The number of carbonyl (C=O) groups is 1. The number of anilines is 2. The molecule has 3 N–H and O–H groups in total. The van der Waals surface area contributed by atoms with Gasteiger partial charge in [-0.15, -0.1) is 0 Å². The Hall–Kier alpha value is -4.74. The second-order valence-corrected chi connectivity index (χ2v) is 13.7.